The quantitative estimate of drug-likeness (QED) is 0.800. The maximum Gasteiger partial charge on any atom is 0.243 e. The van der Waals surface area contributed by atoms with E-state index < -0.39 is 11.0 Å². The number of halogens is 2. The molecule has 1 aliphatic carbocycles. The van der Waals surface area contributed by atoms with Crippen molar-refractivity contribution in [1.29, 1.82) is 0 Å². The zero-order chi connectivity index (χ0) is 19.8. The van der Waals surface area contributed by atoms with Gasteiger partial charge >= 0.3 is 0 Å². The largest absolute Gasteiger partial charge is 0.378 e. The van der Waals surface area contributed by atoms with Crippen LogP contribution in [0.2, 0.25) is 0 Å². The number of nitrogens with zero attached hydrogens (tertiary/aromatic N) is 2. The highest BCUT2D eigenvalue weighted by atomic mass is 35.5. The average molecular weight is 414 g/mol. The van der Waals surface area contributed by atoms with Crippen LogP contribution in [-0.2, 0) is 20.9 Å². The molecule has 2 aliphatic rings. The third kappa shape index (κ3) is 3.88. The van der Waals surface area contributed by atoms with Crippen LogP contribution in [0, 0.1) is 11.2 Å². The topological polar surface area (TPSA) is 75.9 Å². The number of nitrogens with two attached hydrogens (primary N) is 1. The number of benzene rings is 1. The standard InChI is InChI=1S/C20H28FN3O3.ClH/c1-4-27-16-11-20(22,19(16,2)3)18(26)24-9-8-23(17(25)13-24)12-14-6-5-7-15(21)10-14;/h5-7,10,16H,4,8-9,11-13,22H2,1-3H3;1H. The van der Waals surface area contributed by atoms with Gasteiger partial charge in [0.2, 0.25) is 11.8 Å². The first kappa shape index (κ1) is 22.6. The molecule has 2 N–H and O–H groups in total. The molecule has 8 heteroatoms. The Kier molecular flexibility index (Phi) is 6.74. The van der Waals surface area contributed by atoms with Gasteiger partial charge in [-0.05, 0) is 24.6 Å². The van der Waals surface area contributed by atoms with Gasteiger partial charge in [-0.1, -0.05) is 26.0 Å². The van der Waals surface area contributed by atoms with Gasteiger partial charge in [0.15, 0.2) is 0 Å². The molecular weight excluding hydrogens is 385 g/mol. The molecule has 1 saturated carbocycles. The van der Waals surface area contributed by atoms with Gasteiger partial charge in [-0.2, -0.15) is 0 Å². The molecule has 0 radical (unpaired) electrons. The maximum atomic E-state index is 13.3. The Balaban J connectivity index is 0.00000280. The molecule has 1 aromatic rings. The monoisotopic (exact) mass is 413 g/mol. The number of hydrogen-bond acceptors (Lipinski definition) is 4. The Bertz CT molecular complexity index is 745. The van der Waals surface area contributed by atoms with Crippen LogP contribution < -0.4 is 5.73 Å². The molecule has 1 saturated heterocycles. The first-order valence-electron chi connectivity index (χ1n) is 9.41. The molecule has 0 aromatic heterocycles. The van der Waals surface area contributed by atoms with E-state index in [1.807, 2.05) is 20.8 Å². The van der Waals surface area contributed by atoms with E-state index in [4.69, 9.17) is 10.5 Å². The van der Waals surface area contributed by atoms with Crippen molar-refractivity contribution in [2.75, 3.05) is 26.2 Å². The molecule has 2 amide bonds. The van der Waals surface area contributed by atoms with Crippen LogP contribution in [0.5, 0.6) is 0 Å². The van der Waals surface area contributed by atoms with Gasteiger partial charge in [0, 0.05) is 38.1 Å². The lowest BCUT2D eigenvalue weighted by Gasteiger charge is -2.59. The number of ether oxygens (including phenoxy) is 1. The summed E-state index contributed by atoms with van der Waals surface area (Å²) >= 11 is 0. The van der Waals surface area contributed by atoms with Crippen molar-refractivity contribution < 1.29 is 18.7 Å². The Morgan fingerprint density at radius 3 is 2.64 bits per heavy atom. The van der Waals surface area contributed by atoms with E-state index in [-0.39, 0.29) is 42.7 Å². The molecule has 3 rings (SSSR count). The highest BCUT2D eigenvalue weighted by Crippen LogP contribution is 2.50. The number of hydrogen-bond donors (Lipinski definition) is 1. The summed E-state index contributed by atoms with van der Waals surface area (Å²) in [5, 5.41) is 0. The molecule has 1 aliphatic heterocycles. The van der Waals surface area contributed by atoms with Crippen molar-refractivity contribution in [3.63, 3.8) is 0 Å². The second kappa shape index (κ2) is 8.35. The molecular formula is C20H29ClFN3O3. The second-order valence-electron chi connectivity index (χ2n) is 8.01. The average Bonchev–Trinajstić information content (AvgIpc) is 2.62. The first-order chi connectivity index (χ1) is 12.7. The van der Waals surface area contributed by atoms with E-state index in [9.17, 15) is 14.0 Å². The van der Waals surface area contributed by atoms with Crippen molar-refractivity contribution in [2.24, 2.45) is 11.1 Å². The zero-order valence-corrected chi connectivity index (χ0v) is 17.4. The lowest BCUT2D eigenvalue weighted by Crippen LogP contribution is -2.76. The summed E-state index contributed by atoms with van der Waals surface area (Å²) in [6, 6.07) is 6.21. The van der Waals surface area contributed by atoms with E-state index in [0.29, 0.717) is 32.7 Å². The lowest BCUT2D eigenvalue weighted by molar-refractivity contribution is -0.181. The van der Waals surface area contributed by atoms with E-state index in [0.717, 1.165) is 5.56 Å². The minimum Gasteiger partial charge on any atom is -0.378 e. The molecule has 2 fully saturated rings. The van der Waals surface area contributed by atoms with Crippen LogP contribution in [0.4, 0.5) is 4.39 Å². The van der Waals surface area contributed by atoms with Gasteiger partial charge < -0.3 is 20.3 Å². The molecule has 28 heavy (non-hydrogen) atoms. The third-order valence-corrected chi connectivity index (χ3v) is 6.08. The normalized spacial score (nSPS) is 26.5. The highest BCUT2D eigenvalue weighted by Gasteiger charge is 2.64. The number of piperazine rings is 1. The van der Waals surface area contributed by atoms with E-state index in [1.165, 1.54) is 12.1 Å². The number of carbonyl (C=O) groups excluding carboxylic acids is 2. The van der Waals surface area contributed by atoms with Crippen molar-refractivity contribution >= 4 is 24.2 Å². The molecule has 2 atom stereocenters. The first-order valence-corrected chi connectivity index (χ1v) is 9.41. The summed E-state index contributed by atoms with van der Waals surface area (Å²) in [5.41, 5.74) is 5.69. The number of rotatable bonds is 5. The highest BCUT2D eigenvalue weighted by molar-refractivity contribution is 5.93. The Morgan fingerprint density at radius 2 is 2.07 bits per heavy atom. The van der Waals surface area contributed by atoms with Crippen LogP contribution >= 0.6 is 12.4 Å². The fourth-order valence-corrected chi connectivity index (χ4v) is 3.99. The summed E-state index contributed by atoms with van der Waals surface area (Å²) in [6.07, 6.45) is 0.408. The van der Waals surface area contributed by atoms with Crippen molar-refractivity contribution in [3.05, 3.63) is 35.6 Å². The molecule has 6 nitrogen and oxygen atoms in total. The van der Waals surface area contributed by atoms with Crippen molar-refractivity contribution in [3.8, 4) is 0 Å². The smallest absolute Gasteiger partial charge is 0.243 e. The minimum absolute atomic E-state index is 0. The zero-order valence-electron chi connectivity index (χ0n) is 16.6. The number of carbonyl (C=O) groups is 2. The summed E-state index contributed by atoms with van der Waals surface area (Å²) in [6.45, 7) is 7.56. The van der Waals surface area contributed by atoms with Gasteiger partial charge in [0.05, 0.1) is 12.6 Å². The van der Waals surface area contributed by atoms with Gasteiger partial charge in [-0.25, -0.2) is 4.39 Å². The Hall–Kier alpha value is -1.70. The fraction of sp³-hybridized carbons (Fsp3) is 0.600. The lowest BCUT2D eigenvalue weighted by atomic mass is 9.54. The van der Waals surface area contributed by atoms with E-state index in [2.05, 4.69) is 0 Å². The molecule has 156 valence electrons. The minimum atomic E-state index is -1.02. The summed E-state index contributed by atoms with van der Waals surface area (Å²) in [5.74, 6) is -0.668. The second-order valence-corrected chi connectivity index (χ2v) is 8.01. The molecule has 1 aromatic carbocycles. The van der Waals surface area contributed by atoms with Crippen LogP contribution in [0.1, 0.15) is 32.8 Å². The van der Waals surface area contributed by atoms with Crippen molar-refractivity contribution in [2.45, 2.75) is 45.4 Å². The SMILES string of the molecule is CCOC1CC(N)(C(=O)N2CCN(Cc3cccc(F)c3)C(=O)C2)C1(C)C.Cl. The third-order valence-electron chi connectivity index (χ3n) is 6.08. The molecule has 0 bridgehead atoms. The molecule has 0 spiro atoms. The van der Waals surface area contributed by atoms with E-state index in [1.54, 1.807) is 21.9 Å². The summed E-state index contributed by atoms with van der Waals surface area (Å²) in [4.78, 5) is 28.8. The summed E-state index contributed by atoms with van der Waals surface area (Å²) in [7, 11) is 0. The van der Waals surface area contributed by atoms with Gasteiger partial charge in [-0.3, -0.25) is 9.59 Å². The van der Waals surface area contributed by atoms with Gasteiger partial charge in [0.1, 0.15) is 11.4 Å². The number of amides is 2. The fourth-order valence-electron chi connectivity index (χ4n) is 3.99. The van der Waals surface area contributed by atoms with Crippen LogP contribution in [0.3, 0.4) is 0 Å². The van der Waals surface area contributed by atoms with Crippen molar-refractivity contribution in [1.82, 2.24) is 9.80 Å². The van der Waals surface area contributed by atoms with Crippen LogP contribution in [0.15, 0.2) is 24.3 Å². The van der Waals surface area contributed by atoms with E-state index >= 15 is 0 Å². The maximum absolute atomic E-state index is 13.3. The predicted octanol–water partition coefficient (Wildman–Crippen LogP) is 1.95. The summed E-state index contributed by atoms with van der Waals surface area (Å²) < 4.78 is 19.0. The molecule has 2 unspecified atom stereocenters. The van der Waals surface area contributed by atoms with Gasteiger partial charge in [-0.15, -0.1) is 12.4 Å². The van der Waals surface area contributed by atoms with Gasteiger partial charge in [0.25, 0.3) is 0 Å². The Labute approximate surface area is 171 Å². The molecule has 1 heterocycles. The predicted molar refractivity (Wildman–Crippen MR) is 106 cm³/mol. The Morgan fingerprint density at radius 1 is 1.36 bits per heavy atom. The van der Waals surface area contributed by atoms with Crippen LogP contribution in [-0.4, -0.2) is 59.5 Å². The van der Waals surface area contributed by atoms with Crippen LogP contribution in [0.25, 0.3) is 0 Å².